The fourth-order valence-corrected chi connectivity index (χ4v) is 1.85. The molecule has 5 heteroatoms. The van der Waals surface area contributed by atoms with Crippen LogP contribution in [-0.4, -0.2) is 13.0 Å². The molecule has 1 atom stereocenters. The molecule has 0 radical (unpaired) electrons. The highest BCUT2D eigenvalue weighted by Crippen LogP contribution is 2.24. The van der Waals surface area contributed by atoms with E-state index in [2.05, 4.69) is 10.8 Å². The molecule has 0 amide bonds. The third-order valence-corrected chi connectivity index (χ3v) is 2.52. The number of hydrogen-bond acceptors (Lipinski definition) is 3. The highest BCUT2D eigenvalue weighted by Gasteiger charge is 2.18. The van der Waals surface area contributed by atoms with E-state index in [1.165, 1.54) is 0 Å². The summed E-state index contributed by atoms with van der Waals surface area (Å²) >= 11 is 0. The second-order valence-electron chi connectivity index (χ2n) is 3.29. The summed E-state index contributed by atoms with van der Waals surface area (Å²) in [6.45, 7) is 3.56. The quantitative estimate of drug-likeness (QED) is 0.615. The van der Waals surface area contributed by atoms with Crippen LogP contribution in [0.25, 0.3) is 0 Å². The van der Waals surface area contributed by atoms with Crippen LogP contribution in [0.2, 0.25) is 0 Å². The predicted molar refractivity (Wildman–Crippen MR) is 61.2 cm³/mol. The molecule has 0 saturated heterocycles. The van der Waals surface area contributed by atoms with Crippen LogP contribution in [-0.2, 0) is 14.6 Å². The Morgan fingerprint density at radius 1 is 1.38 bits per heavy atom. The van der Waals surface area contributed by atoms with Gasteiger partial charge in [0.05, 0.1) is 0 Å². The Morgan fingerprint density at radius 3 is 2.50 bits per heavy atom. The van der Waals surface area contributed by atoms with Gasteiger partial charge in [-0.25, -0.2) is 4.18 Å². The maximum Gasteiger partial charge on any atom is 0.397 e. The summed E-state index contributed by atoms with van der Waals surface area (Å²) in [6, 6.07) is 8.88. The maximum atomic E-state index is 10.7. The lowest BCUT2D eigenvalue weighted by Gasteiger charge is -2.14. The highest BCUT2D eigenvalue weighted by molar-refractivity contribution is 7.80. The largest absolute Gasteiger partial charge is 0.397 e. The highest BCUT2D eigenvalue weighted by atomic mass is 32.3. The topological polar surface area (TPSA) is 63.6 Å². The van der Waals surface area contributed by atoms with Gasteiger partial charge in [-0.05, 0) is 18.4 Å². The maximum absolute atomic E-state index is 10.7. The van der Waals surface area contributed by atoms with Gasteiger partial charge in [-0.1, -0.05) is 36.4 Å². The van der Waals surface area contributed by atoms with Gasteiger partial charge in [0.15, 0.2) is 0 Å². The Balaban J connectivity index is 2.83. The Hall–Kier alpha value is -1.17. The van der Waals surface area contributed by atoms with E-state index < -0.39 is 16.5 Å². The number of hydrogen-bond donors (Lipinski definition) is 1. The van der Waals surface area contributed by atoms with Gasteiger partial charge in [-0.2, -0.15) is 8.42 Å². The molecule has 1 aromatic carbocycles. The number of benzene rings is 1. The lowest BCUT2D eigenvalue weighted by atomic mass is 10.1. The minimum Gasteiger partial charge on any atom is -0.264 e. The van der Waals surface area contributed by atoms with Crippen LogP contribution < -0.4 is 0 Å². The lowest BCUT2D eigenvalue weighted by molar-refractivity contribution is 0.176. The van der Waals surface area contributed by atoms with Crippen molar-refractivity contribution in [1.82, 2.24) is 0 Å². The molecule has 0 bridgehead atoms. The molecule has 0 aliphatic heterocycles. The van der Waals surface area contributed by atoms with Gasteiger partial charge in [0.2, 0.25) is 0 Å². The Labute approximate surface area is 95.5 Å². The van der Waals surface area contributed by atoms with E-state index in [9.17, 15) is 8.42 Å². The van der Waals surface area contributed by atoms with E-state index in [0.29, 0.717) is 18.4 Å². The summed E-state index contributed by atoms with van der Waals surface area (Å²) in [5, 5.41) is 0. The van der Waals surface area contributed by atoms with Gasteiger partial charge in [0, 0.05) is 0 Å². The van der Waals surface area contributed by atoms with Crippen LogP contribution in [0, 0.1) is 0 Å². The van der Waals surface area contributed by atoms with Gasteiger partial charge in [-0.3, -0.25) is 4.55 Å². The number of allylic oxidation sites excluding steroid dienone is 1. The van der Waals surface area contributed by atoms with Crippen LogP contribution in [0.15, 0.2) is 43.0 Å². The van der Waals surface area contributed by atoms with Crippen molar-refractivity contribution < 1.29 is 17.2 Å². The molecular formula is C11H14O4S. The monoisotopic (exact) mass is 242 g/mol. The van der Waals surface area contributed by atoms with Crippen molar-refractivity contribution >= 4 is 10.4 Å². The van der Waals surface area contributed by atoms with Gasteiger partial charge in [0.25, 0.3) is 0 Å². The van der Waals surface area contributed by atoms with Crippen molar-refractivity contribution in [2.45, 2.75) is 18.9 Å². The fourth-order valence-electron chi connectivity index (χ4n) is 1.35. The zero-order chi connectivity index (χ0) is 12.0. The molecule has 0 heterocycles. The first kappa shape index (κ1) is 12.9. The summed E-state index contributed by atoms with van der Waals surface area (Å²) in [5.74, 6) is 0. The van der Waals surface area contributed by atoms with E-state index in [0.717, 1.165) is 0 Å². The fraction of sp³-hybridized carbons (Fsp3) is 0.273. The Morgan fingerprint density at radius 2 is 2.00 bits per heavy atom. The van der Waals surface area contributed by atoms with E-state index in [-0.39, 0.29) is 0 Å². The van der Waals surface area contributed by atoms with Crippen molar-refractivity contribution in [3.63, 3.8) is 0 Å². The summed E-state index contributed by atoms with van der Waals surface area (Å²) in [5.41, 5.74) is 0.710. The zero-order valence-corrected chi connectivity index (χ0v) is 9.56. The van der Waals surface area contributed by atoms with E-state index >= 15 is 0 Å². The van der Waals surface area contributed by atoms with E-state index in [1.807, 2.05) is 6.07 Å². The minimum absolute atomic E-state index is 0.452. The van der Waals surface area contributed by atoms with Crippen LogP contribution >= 0.6 is 0 Å². The molecule has 1 N–H and O–H groups in total. The minimum atomic E-state index is -4.44. The second kappa shape index (κ2) is 5.79. The van der Waals surface area contributed by atoms with Gasteiger partial charge in [0.1, 0.15) is 6.10 Å². The Kier molecular flexibility index (Phi) is 4.67. The van der Waals surface area contributed by atoms with Crippen molar-refractivity contribution in [1.29, 1.82) is 0 Å². The summed E-state index contributed by atoms with van der Waals surface area (Å²) < 4.78 is 34.7. The van der Waals surface area contributed by atoms with Crippen molar-refractivity contribution in [2.75, 3.05) is 0 Å². The van der Waals surface area contributed by atoms with Gasteiger partial charge >= 0.3 is 10.4 Å². The molecule has 0 spiro atoms. The first-order valence-corrected chi connectivity index (χ1v) is 6.21. The second-order valence-corrected chi connectivity index (χ2v) is 4.34. The molecule has 0 fully saturated rings. The molecule has 0 aliphatic carbocycles. The predicted octanol–water partition coefficient (Wildman–Crippen LogP) is 2.51. The van der Waals surface area contributed by atoms with Crippen molar-refractivity contribution in [3.05, 3.63) is 48.6 Å². The van der Waals surface area contributed by atoms with Gasteiger partial charge < -0.3 is 0 Å². The van der Waals surface area contributed by atoms with E-state index in [4.69, 9.17) is 4.55 Å². The number of rotatable bonds is 6. The van der Waals surface area contributed by atoms with Crippen LogP contribution in [0.5, 0.6) is 0 Å². The van der Waals surface area contributed by atoms with Crippen LogP contribution in [0.4, 0.5) is 0 Å². The molecule has 0 aromatic heterocycles. The molecule has 0 saturated carbocycles. The van der Waals surface area contributed by atoms with Crippen molar-refractivity contribution in [2.24, 2.45) is 0 Å². The normalized spacial score (nSPS) is 13.3. The molecule has 4 nitrogen and oxygen atoms in total. The third kappa shape index (κ3) is 4.57. The summed E-state index contributed by atoms with van der Waals surface area (Å²) in [6.07, 6.45) is 2.06. The summed E-state index contributed by atoms with van der Waals surface area (Å²) in [4.78, 5) is 0. The van der Waals surface area contributed by atoms with Crippen molar-refractivity contribution in [3.8, 4) is 0 Å². The smallest absolute Gasteiger partial charge is 0.264 e. The van der Waals surface area contributed by atoms with Gasteiger partial charge in [-0.15, -0.1) is 6.58 Å². The molecule has 1 unspecified atom stereocenters. The SMILES string of the molecule is C=CCCC(OS(=O)(=O)O)c1ccccc1. The molecule has 0 aliphatic rings. The standard InChI is InChI=1S/C11H14O4S/c1-2-3-9-11(15-16(12,13)14)10-7-5-4-6-8-10/h2,4-8,11H,1,3,9H2,(H,12,13,14). The average molecular weight is 242 g/mol. The van der Waals surface area contributed by atoms with Crippen LogP contribution in [0.3, 0.4) is 0 Å². The van der Waals surface area contributed by atoms with E-state index in [1.54, 1.807) is 30.3 Å². The third-order valence-electron chi connectivity index (χ3n) is 2.04. The Bertz CT molecular complexity index is 425. The molecule has 88 valence electrons. The lowest BCUT2D eigenvalue weighted by Crippen LogP contribution is -2.10. The molecule has 1 aromatic rings. The zero-order valence-electron chi connectivity index (χ0n) is 8.74. The average Bonchev–Trinajstić information content (AvgIpc) is 2.24. The molecule has 1 rings (SSSR count). The molecular weight excluding hydrogens is 228 g/mol. The molecule has 16 heavy (non-hydrogen) atoms. The summed E-state index contributed by atoms with van der Waals surface area (Å²) in [7, 11) is -4.44. The van der Waals surface area contributed by atoms with Crippen LogP contribution in [0.1, 0.15) is 24.5 Å². The first-order chi connectivity index (χ1) is 7.53. The first-order valence-electron chi connectivity index (χ1n) is 4.84.